The van der Waals surface area contributed by atoms with E-state index in [1.165, 1.54) is 7.11 Å². The third kappa shape index (κ3) is 3.97. The van der Waals surface area contributed by atoms with E-state index in [0.29, 0.717) is 24.4 Å². The summed E-state index contributed by atoms with van der Waals surface area (Å²) < 4.78 is 6.09. The van der Waals surface area contributed by atoms with Crippen molar-refractivity contribution in [3.05, 3.63) is 28.2 Å². The molecule has 1 rings (SSSR count). The lowest BCUT2D eigenvalue weighted by Gasteiger charge is -2.23. The van der Waals surface area contributed by atoms with Crippen molar-refractivity contribution in [1.82, 2.24) is 4.90 Å². The van der Waals surface area contributed by atoms with Crippen LogP contribution in [0.25, 0.3) is 0 Å². The van der Waals surface area contributed by atoms with E-state index >= 15 is 0 Å². The quantitative estimate of drug-likeness (QED) is 0.836. The summed E-state index contributed by atoms with van der Waals surface area (Å²) in [5.41, 5.74) is 0.512. The molecule has 0 N–H and O–H groups in total. The van der Waals surface area contributed by atoms with Crippen molar-refractivity contribution in [2.45, 2.75) is 13.8 Å². The van der Waals surface area contributed by atoms with Crippen LogP contribution in [0.1, 0.15) is 24.2 Å². The fourth-order valence-corrected chi connectivity index (χ4v) is 2.08. The van der Waals surface area contributed by atoms with E-state index in [1.54, 1.807) is 30.0 Å². The number of carbonyl (C=O) groups excluding carboxylic acids is 1. The van der Waals surface area contributed by atoms with Gasteiger partial charge in [-0.25, -0.2) is 0 Å². The van der Waals surface area contributed by atoms with Gasteiger partial charge in [0.2, 0.25) is 0 Å². The summed E-state index contributed by atoms with van der Waals surface area (Å²) in [5.74, 6) is 0.224. The largest absolute Gasteiger partial charge is 0.496 e. The van der Waals surface area contributed by atoms with Crippen LogP contribution in [0.2, 0.25) is 0 Å². The summed E-state index contributed by atoms with van der Waals surface area (Å²) in [6.45, 7) is 4.68. The van der Waals surface area contributed by atoms with Gasteiger partial charge in [0, 0.05) is 17.6 Å². The van der Waals surface area contributed by atoms with Crippen molar-refractivity contribution in [3.8, 4) is 11.8 Å². The van der Waals surface area contributed by atoms with Crippen LogP contribution < -0.4 is 4.74 Å². The highest BCUT2D eigenvalue weighted by molar-refractivity contribution is 9.10. The molecule has 0 aliphatic carbocycles. The fourth-order valence-electron chi connectivity index (χ4n) is 1.74. The molecular weight excluding hydrogens is 308 g/mol. The molecule has 0 aliphatic rings. The van der Waals surface area contributed by atoms with E-state index < -0.39 is 0 Å². The van der Waals surface area contributed by atoms with Gasteiger partial charge in [0.15, 0.2) is 0 Å². The van der Waals surface area contributed by atoms with E-state index in [1.807, 2.05) is 6.92 Å². The minimum atomic E-state index is -0.189. The van der Waals surface area contributed by atoms with Crippen LogP contribution in [0.15, 0.2) is 22.7 Å². The summed E-state index contributed by atoms with van der Waals surface area (Å²) in [4.78, 5) is 14.1. The molecule has 0 radical (unpaired) electrons. The van der Waals surface area contributed by atoms with Crippen molar-refractivity contribution >= 4 is 21.8 Å². The average molecular weight is 325 g/mol. The number of nitriles is 1. The van der Waals surface area contributed by atoms with Crippen molar-refractivity contribution in [2.24, 2.45) is 5.92 Å². The topological polar surface area (TPSA) is 53.3 Å². The van der Waals surface area contributed by atoms with Gasteiger partial charge in [-0.1, -0.05) is 15.9 Å². The van der Waals surface area contributed by atoms with Crippen LogP contribution in [0.3, 0.4) is 0 Å². The van der Waals surface area contributed by atoms with E-state index in [4.69, 9.17) is 10.00 Å². The molecular formula is C14H17BrN2O2. The first-order chi connectivity index (χ1) is 9.03. The average Bonchev–Trinajstić information content (AvgIpc) is 2.43. The summed E-state index contributed by atoms with van der Waals surface area (Å²) in [6.07, 6.45) is 0. The van der Waals surface area contributed by atoms with Gasteiger partial charge in [-0.05, 0) is 32.0 Å². The van der Waals surface area contributed by atoms with Gasteiger partial charge in [0.05, 0.1) is 24.7 Å². The van der Waals surface area contributed by atoms with Crippen LogP contribution in [0, 0.1) is 17.2 Å². The zero-order valence-corrected chi connectivity index (χ0v) is 12.9. The SMILES string of the molecule is CCN(CC(C)C#N)C(=O)c1ccc(Br)cc1OC. The number of hydrogen-bond acceptors (Lipinski definition) is 3. The first-order valence-corrected chi connectivity index (χ1v) is 6.85. The van der Waals surface area contributed by atoms with Crippen LogP contribution in [-0.2, 0) is 0 Å². The minimum Gasteiger partial charge on any atom is -0.496 e. The maximum atomic E-state index is 12.4. The molecule has 1 aromatic rings. The molecule has 102 valence electrons. The van der Waals surface area contributed by atoms with Gasteiger partial charge in [-0.3, -0.25) is 4.79 Å². The van der Waals surface area contributed by atoms with Crippen molar-refractivity contribution in [2.75, 3.05) is 20.2 Å². The van der Waals surface area contributed by atoms with E-state index in [9.17, 15) is 4.79 Å². The number of halogens is 1. The summed E-state index contributed by atoms with van der Waals surface area (Å²) >= 11 is 3.34. The molecule has 0 saturated heterocycles. The Morgan fingerprint density at radius 2 is 2.26 bits per heavy atom. The normalized spacial score (nSPS) is 11.5. The Labute approximate surface area is 122 Å². The highest BCUT2D eigenvalue weighted by Gasteiger charge is 2.20. The Bertz CT molecular complexity index is 497. The molecule has 0 spiro atoms. The molecule has 4 nitrogen and oxygen atoms in total. The number of hydrogen-bond donors (Lipinski definition) is 0. The standard InChI is InChI=1S/C14H17BrN2O2/c1-4-17(9-10(2)8-16)14(18)12-6-5-11(15)7-13(12)19-3/h5-7,10H,4,9H2,1-3H3. The molecule has 0 saturated carbocycles. The Morgan fingerprint density at radius 1 is 1.58 bits per heavy atom. The molecule has 0 bridgehead atoms. The van der Waals surface area contributed by atoms with Crippen LogP contribution >= 0.6 is 15.9 Å². The van der Waals surface area contributed by atoms with Crippen LogP contribution in [0.4, 0.5) is 0 Å². The van der Waals surface area contributed by atoms with E-state index in [-0.39, 0.29) is 11.8 Å². The molecule has 1 unspecified atom stereocenters. The first-order valence-electron chi connectivity index (χ1n) is 6.05. The van der Waals surface area contributed by atoms with Crippen molar-refractivity contribution in [3.63, 3.8) is 0 Å². The van der Waals surface area contributed by atoms with E-state index in [0.717, 1.165) is 4.47 Å². The zero-order chi connectivity index (χ0) is 14.4. The first kappa shape index (κ1) is 15.5. The molecule has 1 atom stereocenters. The lowest BCUT2D eigenvalue weighted by atomic mass is 10.1. The Morgan fingerprint density at radius 3 is 2.79 bits per heavy atom. The van der Waals surface area contributed by atoms with Gasteiger partial charge in [0.25, 0.3) is 5.91 Å². The second-order valence-corrected chi connectivity index (χ2v) is 5.13. The van der Waals surface area contributed by atoms with Crippen molar-refractivity contribution < 1.29 is 9.53 Å². The number of carbonyl (C=O) groups is 1. The predicted octanol–water partition coefficient (Wildman–Crippen LogP) is 3.08. The monoisotopic (exact) mass is 324 g/mol. The number of nitrogens with zero attached hydrogens (tertiary/aromatic N) is 2. The molecule has 0 heterocycles. The van der Waals surface area contributed by atoms with E-state index in [2.05, 4.69) is 22.0 Å². The lowest BCUT2D eigenvalue weighted by molar-refractivity contribution is 0.0749. The molecule has 0 fully saturated rings. The lowest BCUT2D eigenvalue weighted by Crippen LogP contribution is -2.34. The molecule has 1 aromatic carbocycles. The molecule has 0 aliphatic heterocycles. The maximum Gasteiger partial charge on any atom is 0.257 e. The molecule has 19 heavy (non-hydrogen) atoms. The predicted molar refractivity (Wildman–Crippen MR) is 77.0 cm³/mol. The highest BCUT2D eigenvalue weighted by Crippen LogP contribution is 2.25. The summed E-state index contributed by atoms with van der Waals surface area (Å²) in [6, 6.07) is 7.43. The number of ether oxygens (including phenoxy) is 1. The van der Waals surface area contributed by atoms with Gasteiger partial charge >= 0.3 is 0 Å². The third-order valence-corrected chi connectivity index (χ3v) is 3.27. The Balaban J connectivity index is 3.01. The minimum absolute atomic E-state index is 0.117. The number of benzene rings is 1. The Hall–Kier alpha value is -1.54. The van der Waals surface area contributed by atoms with Gasteiger partial charge in [-0.15, -0.1) is 0 Å². The summed E-state index contributed by atoms with van der Waals surface area (Å²) in [5, 5.41) is 8.85. The van der Waals surface area contributed by atoms with Gasteiger partial charge < -0.3 is 9.64 Å². The highest BCUT2D eigenvalue weighted by atomic mass is 79.9. The molecule has 1 amide bonds. The Kier molecular flexibility index (Phi) is 5.84. The number of rotatable bonds is 5. The third-order valence-electron chi connectivity index (χ3n) is 2.78. The molecule has 5 heteroatoms. The summed E-state index contributed by atoms with van der Waals surface area (Å²) in [7, 11) is 1.53. The molecule has 0 aromatic heterocycles. The number of amides is 1. The maximum absolute atomic E-state index is 12.4. The van der Waals surface area contributed by atoms with Crippen molar-refractivity contribution in [1.29, 1.82) is 5.26 Å². The van der Waals surface area contributed by atoms with Gasteiger partial charge in [-0.2, -0.15) is 5.26 Å². The van der Waals surface area contributed by atoms with Gasteiger partial charge in [0.1, 0.15) is 5.75 Å². The smallest absolute Gasteiger partial charge is 0.257 e. The zero-order valence-electron chi connectivity index (χ0n) is 11.3. The second-order valence-electron chi connectivity index (χ2n) is 4.22. The van der Waals surface area contributed by atoms with Crippen LogP contribution in [-0.4, -0.2) is 31.0 Å². The number of methoxy groups -OCH3 is 1. The fraction of sp³-hybridized carbons (Fsp3) is 0.429. The van der Waals surface area contributed by atoms with Crippen LogP contribution in [0.5, 0.6) is 5.75 Å². The second kappa shape index (κ2) is 7.15.